The van der Waals surface area contributed by atoms with Gasteiger partial charge in [-0.15, -0.1) is 0 Å². The molecule has 33 heavy (non-hydrogen) atoms. The molecule has 0 aliphatic carbocycles. The van der Waals surface area contributed by atoms with Crippen molar-refractivity contribution >= 4 is 35.1 Å². The fourth-order valence-electron chi connectivity index (χ4n) is 5.29. The summed E-state index contributed by atoms with van der Waals surface area (Å²) in [6.07, 6.45) is 1.69. The van der Waals surface area contributed by atoms with Gasteiger partial charge in [-0.1, -0.05) is 12.1 Å². The number of hydrogen-bond acceptors (Lipinski definition) is 5. The molecule has 3 amide bonds. The van der Waals surface area contributed by atoms with Gasteiger partial charge in [0, 0.05) is 31.6 Å². The lowest BCUT2D eigenvalue weighted by Gasteiger charge is -2.48. The van der Waals surface area contributed by atoms with E-state index in [9.17, 15) is 19.2 Å². The number of hydrogen-bond donors (Lipinski definition) is 0. The van der Waals surface area contributed by atoms with E-state index < -0.39 is 11.6 Å². The van der Waals surface area contributed by atoms with Gasteiger partial charge in [0.2, 0.25) is 11.8 Å². The third kappa shape index (κ3) is 3.20. The van der Waals surface area contributed by atoms with E-state index in [1.54, 1.807) is 51.1 Å². The SMILES string of the molecule is COC(=O)c1ccc2c(c1)CCN2C(=O)CCN1C(=O)c2ccccc2N2C(=O)CCC12C. The van der Waals surface area contributed by atoms with Crippen LogP contribution in [0.15, 0.2) is 42.5 Å². The molecule has 3 aliphatic heterocycles. The Morgan fingerprint density at radius 3 is 2.64 bits per heavy atom. The van der Waals surface area contributed by atoms with E-state index in [0.717, 1.165) is 11.3 Å². The fraction of sp³-hybridized carbons (Fsp3) is 0.360. The maximum atomic E-state index is 13.4. The second-order valence-electron chi connectivity index (χ2n) is 8.80. The summed E-state index contributed by atoms with van der Waals surface area (Å²) in [6.45, 7) is 2.64. The lowest BCUT2D eigenvalue weighted by Crippen LogP contribution is -2.62. The van der Waals surface area contributed by atoms with Crippen LogP contribution < -0.4 is 9.80 Å². The van der Waals surface area contributed by atoms with Gasteiger partial charge in [0.1, 0.15) is 5.66 Å². The van der Waals surface area contributed by atoms with Gasteiger partial charge in [0.25, 0.3) is 5.91 Å². The van der Waals surface area contributed by atoms with Crippen molar-refractivity contribution in [2.24, 2.45) is 0 Å². The zero-order valence-electron chi connectivity index (χ0n) is 18.7. The average molecular weight is 447 g/mol. The zero-order valence-corrected chi connectivity index (χ0v) is 18.7. The lowest BCUT2D eigenvalue weighted by molar-refractivity contribution is -0.118. The van der Waals surface area contributed by atoms with Crippen LogP contribution in [0.25, 0.3) is 0 Å². The van der Waals surface area contributed by atoms with Crippen molar-refractivity contribution in [1.82, 2.24) is 4.90 Å². The Kier molecular flexibility index (Phi) is 4.96. The Labute approximate surface area is 191 Å². The molecule has 1 saturated heterocycles. The molecule has 8 nitrogen and oxygen atoms in total. The first kappa shape index (κ1) is 21.2. The van der Waals surface area contributed by atoms with Crippen LogP contribution in [0, 0.1) is 0 Å². The average Bonchev–Trinajstić information content (AvgIpc) is 3.38. The summed E-state index contributed by atoms with van der Waals surface area (Å²) in [6, 6.07) is 12.3. The largest absolute Gasteiger partial charge is 0.465 e. The molecule has 170 valence electrons. The Morgan fingerprint density at radius 2 is 1.85 bits per heavy atom. The minimum Gasteiger partial charge on any atom is -0.465 e. The molecular formula is C25H25N3O5. The van der Waals surface area contributed by atoms with Crippen LogP contribution in [-0.4, -0.2) is 54.5 Å². The topological polar surface area (TPSA) is 87.2 Å². The summed E-state index contributed by atoms with van der Waals surface area (Å²) in [7, 11) is 1.34. The number of carbonyl (C=O) groups is 4. The summed E-state index contributed by atoms with van der Waals surface area (Å²) in [5.74, 6) is -0.666. The van der Waals surface area contributed by atoms with Gasteiger partial charge in [-0.2, -0.15) is 0 Å². The molecule has 1 fully saturated rings. The number of anilines is 2. The first-order valence-corrected chi connectivity index (χ1v) is 11.1. The molecule has 0 saturated carbocycles. The monoisotopic (exact) mass is 447 g/mol. The summed E-state index contributed by atoms with van der Waals surface area (Å²) in [4.78, 5) is 56.1. The van der Waals surface area contributed by atoms with E-state index in [1.807, 2.05) is 13.0 Å². The highest BCUT2D eigenvalue weighted by Gasteiger charge is 2.52. The highest BCUT2D eigenvalue weighted by Crippen LogP contribution is 2.44. The predicted octanol–water partition coefficient (Wildman–Crippen LogP) is 2.75. The first-order valence-electron chi connectivity index (χ1n) is 11.1. The molecular weight excluding hydrogens is 422 g/mol. The number of ether oxygens (including phenoxy) is 1. The van der Waals surface area contributed by atoms with Gasteiger partial charge in [0.05, 0.1) is 23.9 Å². The Bertz CT molecular complexity index is 1190. The second kappa shape index (κ2) is 7.72. The number of fused-ring (bicyclic) bond motifs is 4. The van der Waals surface area contributed by atoms with Crippen molar-refractivity contribution in [3.63, 3.8) is 0 Å². The minimum absolute atomic E-state index is 0.0105. The van der Waals surface area contributed by atoms with Crippen LogP contribution >= 0.6 is 0 Å². The van der Waals surface area contributed by atoms with Crippen LogP contribution in [-0.2, 0) is 20.7 Å². The van der Waals surface area contributed by atoms with Crippen LogP contribution in [0.5, 0.6) is 0 Å². The number of para-hydroxylation sites is 1. The van der Waals surface area contributed by atoms with Gasteiger partial charge in [-0.25, -0.2) is 4.79 Å². The third-order valence-corrected chi connectivity index (χ3v) is 6.99. The van der Waals surface area contributed by atoms with Crippen molar-refractivity contribution in [3.05, 3.63) is 59.2 Å². The van der Waals surface area contributed by atoms with Crippen molar-refractivity contribution in [2.45, 2.75) is 38.3 Å². The highest BCUT2D eigenvalue weighted by atomic mass is 16.5. The second-order valence-corrected chi connectivity index (χ2v) is 8.80. The van der Waals surface area contributed by atoms with Crippen LogP contribution in [0.4, 0.5) is 11.4 Å². The number of benzene rings is 2. The van der Waals surface area contributed by atoms with Crippen molar-refractivity contribution in [2.75, 3.05) is 30.0 Å². The molecule has 3 heterocycles. The summed E-state index contributed by atoms with van der Waals surface area (Å²) in [5, 5.41) is 0. The number of nitrogens with zero attached hydrogens (tertiary/aromatic N) is 3. The molecule has 0 N–H and O–H groups in total. The van der Waals surface area contributed by atoms with E-state index in [0.29, 0.717) is 42.6 Å². The zero-order chi connectivity index (χ0) is 23.3. The molecule has 2 aromatic rings. The van der Waals surface area contributed by atoms with Crippen LogP contribution in [0.1, 0.15) is 52.5 Å². The maximum Gasteiger partial charge on any atom is 0.337 e. The van der Waals surface area contributed by atoms with Crippen LogP contribution in [0.2, 0.25) is 0 Å². The number of methoxy groups -OCH3 is 1. The smallest absolute Gasteiger partial charge is 0.337 e. The molecule has 0 aromatic heterocycles. The quantitative estimate of drug-likeness (QED) is 0.673. The first-order chi connectivity index (χ1) is 15.8. The molecule has 0 bridgehead atoms. The van der Waals surface area contributed by atoms with E-state index in [-0.39, 0.29) is 30.7 Å². The summed E-state index contributed by atoms with van der Waals surface area (Å²) < 4.78 is 4.78. The minimum atomic E-state index is -0.777. The van der Waals surface area contributed by atoms with Gasteiger partial charge >= 0.3 is 5.97 Å². The van der Waals surface area contributed by atoms with E-state index in [2.05, 4.69) is 0 Å². The van der Waals surface area contributed by atoms with Crippen molar-refractivity contribution in [1.29, 1.82) is 0 Å². The third-order valence-electron chi connectivity index (χ3n) is 6.99. The maximum absolute atomic E-state index is 13.4. The van der Waals surface area contributed by atoms with E-state index in [4.69, 9.17) is 4.74 Å². The summed E-state index contributed by atoms with van der Waals surface area (Å²) >= 11 is 0. The Balaban J connectivity index is 1.36. The van der Waals surface area contributed by atoms with Gasteiger partial charge in [-0.3, -0.25) is 19.3 Å². The Morgan fingerprint density at radius 1 is 1.06 bits per heavy atom. The molecule has 5 rings (SSSR count). The van der Waals surface area contributed by atoms with E-state index >= 15 is 0 Å². The van der Waals surface area contributed by atoms with Gasteiger partial charge in [0.15, 0.2) is 0 Å². The number of rotatable bonds is 4. The van der Waals surface area contributed by atoms with Gasteiger partial charge < -0.3 is 14.5 Å². The normalized spacial score (nSPS) is 21.1. The predicted molar refractivity (Wildman–Crippen MR) is 121 cm³/mol. The Hall–Kier alpha value is -3.68. The number of esters is 1. The molecule has 3 aliphatic rings. The van der Waals surface area contributed by atoms with E-state index in [1.165, 1.54) is 7.11 Å². The molecule has 0 spiro atoms. The van der Waals surface area contributed by atoms with Crippen LogP contribution in [0.3, 0.4) is 0 Å². The van der Waals surface area contributed by atoms with Gasteiger partial charge in [-0.05, 0) is 55.7 Å². The molecule has 1 unspecified atom stereocenters. The van der Waals surface area contributed by atoms with Crippen molar-refractivity contribution < 1.29 is 23.9 Å². The molecule has 2 aromatic carbocycles. The fourth-order valence-corrected chi connectivity index (χ4v) is 5.29. The number of amides is 3. The highest BCUT2D eigenvalue weighted by molar-refractivity contribution is 6.10. The standard InChI is InChI=1S/C25H25N3O5/c1-25-12-9-22(30)28(25)20-6-4-3-5-18(20)23(31)27(25)14-11-21(29)26-13-10-16-15-17(24(32)33-2)7-8-19(16)26/h3-8,15H,9-14H2,1-2H3. The lowest BCUT2D eigenvalue weighted by atomic mass is 9.98. The molecule has 1 atom stereocenters. The van der Waals surface area contributed by atoms with Crippen molar-refractivity contribution in [3.8, 4) is 0 Å². The molecule has 8 heteroatoms. The molecule has 0 radical (unpaired) electrons. The summed E-state index contributed by atoms with van der Waals surface area (Å²) in [5.41, 5.74) is 2.52. The number of carbonyl (C=O) groups excluding carboxylic acids is 4.